The molecule has 0 aromatic carbocycles. The molecule has 120 valence electrons. The van der Waals surface area contributed by atoms with Crippen LogP contribution in [0.15, 0.2) is 0 Å². The predicted molar refractivity (Wildman–Crippen MR) is 79.0 cm³/mol. The van der Waals surface area contributed by atoms with Crippen LogP contribution in [-0.4, -0.2) is 68.8 Å². The number of carbonyl (C=O) groups is 2. The molecule has 3 N–H and O–H groups in total. The molecule has 0 aromatic heterocycles. The van der Waals surface area contributed by atoms with Crippen LogP contribution in [0.25, 0.3) is 0 Å². The lowest BCUT2D eigenvalue weighted by Gasteiger charge is -2.32. The number of likely N-dealkylation sites (N-methyl/N-ethyl adjacent to an activating group) is 1. The standard InChI is InChI=1S/C14H26N4O3/c1-15-8-12-9-18(6-7-21-12)10-13(19)17-14(20)16-11-4-2-3-5-11/h11-12,15H,2-10H2,1H3,(H2,16,17,19,20). The quantitative estimate of drug-likeness (QED) is 0.648. The van der Waals surface area contributed by atoms with Crippen LogP contribution in [0.1, 0.15) is 25.7 Å². The molecule has 0 spiro atoms. The van der Waals surface area contributed by atoms with Crippen molar-refractivity contribution in [2.24, 2.45) is 0 Å². The molecule has 0 bridgehead atoms. The highest BCUT2D eigenvalue weighted by molar-refractivity contribution is 5.95. The van der Waals surface area contributed by atoms with Gasteiger partial charge in [-0.1, -0.05) is 12.8 Å². The zero-order valence-corrected chi connectivity index (χ0v) is 12.7. The Morgan fingerprint density at radius 2 is 2.05 bits per heavy atom. The Morgan fingerprint density at radius 3 is 2.76 bits per heavy atom. The summed E-state index contributed by atoms with van der Waals surface area (Å²) in [7, 11) is 1.88. The maximum absolute atomic E-state index is 11.9. The molecule has 2 rings (SSSR count). The summed E-state index contributed by atoms with van der Waals surface area (Å²) in [6.07, 6.45) is 4.43. The number of hydrogen-bond donors (Lipinski definition) is 3. The first-order valence-electron chi connectivity index (χ1n) is 7.76. The van der Waals surface area contributed by atoms with E-state index in [9.17, 15) is 9.59 Å². The number of nitrogens with zero attached hydrogens (tertiary/aromatic N) is 1. The number of hydrogen-bond acceptors (Lipinski definition) is 5. The lowest BCUT2D eigenvalue weighted by atomic mass is 10.2. The first-order chi connectivity index (χ1) is 10.2. The molecule has 2 aliphatic rings. The molecule has 1 saturated carbocycles. The van der Waals surface area contributed by atoms with E-state index in [1.165, 1.54) is 0 Å². The minimum Gasteiger partial charge on any atom is -0.374 e. The minimum absolute atomic E-state index is 0.101. The van der Waals surface area contributed by atoms with Crippen molar-refractivity contribution >= 4 is 11.9 Å². The fourth-order valence-electron chi connectivity index (χ4n) is 2.94. The third kappa shape index (κ3) is 5.61. The molecule has 7 heteroatoms. The first kappa shape index (κ1) is 16.2. The van der Waals surface area contributed by atoms with Crippen LogP contribution in [0.3, 0.4) is 0 Å². The smallest absolute Gasteiger partial charge is 0.321 e. The Morgan fingerprint density at radius 1 is 1.29 bits per heavy atom. The van der Waals surface area contributed by atoms with E-state index < -0.39 is 0 Å². The van der Waals surface area contributed by atoms with Gasteiger partial charge in [0, 0.05) is 25.7 Å². The zero-order valence-electron chi connectivity index (χ0n) is 12.7. The van der Waals surface area contributed by atoms with E-state index in [1.54, 1.807) is 0 Å². The average Bonchev–Trinajstić information content (AvgIpc) is 2.91. The highest BCUT2D eigenvalue weighted by atomic mass is 16.5. The van der Waals surface area contributed by atoms with Crippen molar-refractivity contribution in [3.63, 3.8) is 0 Å². The number of ether oxygens (including phenoxy) is 1. The van der Waals surface area contributed by atoms with Crippen LogP contribution < -0.4 is 16.0 Å². The van der Waals surface area contributed by atoms with E-state index in [2.05, 4.69) is 16.0 Å². The zero-order chi connectivity index (χ0) is 15.1. The Hall–Kier alpha value is -1.18. The van der Waals surface area contributed by atoms with Gasteiger partial charge in [0.25, 0.3) is 0 Å². The highest BCUT2D eigenvalue weighted by Crippen LogP contribution is 2.17. The Balaban J connectivity index is 1.67. The summed E-state index contributed by atoms with van der Waals surface area (Å²) in [4.78, 5) is 25.6. The van der Waals surface area contributed by atoms with E-state index in [4.69, 9.17) is 4.74 Å². The van der Waals surface area contributed by atoms with Crippen molar-refractivity contribution in [3.8, 4) is 0 Å². The highest BCUT2D eigenvalue weighted by Gasteiger charge is 2.23. The molecule has 1 saturated heterocycles. The molecule has 1 aliphatic carbocycles. The van der Waals surface area contributed by atoms with Gasteiger partial charge in [0.2, 0.25) is 5.91 Å². The lowest BCUT2D eigenvalue weighted by molar-refractivity contribution is -0.123. The normalized spacial score (nSPS) is 24.0. The Kier molecular flexibility index (Phi) is 6.41. The van der Waals surface area contributed by atoms with Crippen molar-refractivity contribution in [3.05, 3.63) is 0 Å². The van der Waals surface area contributed by atoms with Crippen molar-refractivity contribution < 1.29 is 14.3 Å². The van der Waals surface area contributed by atoms with Crippen molar-refractivity contribution in [1.82, 2.24) is 20.9 Å². The molecule has 7 nitrogen and oxygen atoms in total. The Labute approximate surface area is 125 Å². The van der Waals surface area contributed by atoms with E-state index in [0.717, 1.165) is 38.8 Å². The summed E-state index contributed by atoms with van der Waals surface area (Å²) in [6, 6.07) is -0.145. The van der Waals surface area contributed by atoms with E-state index in [0.29, 0.717) is 13.2 Å². The maximum Gasteiger partial charge on any atom is 0.321 e. The second-order valence-electron chi connectivity index (χ2n) is 5.79. The summed E-state index contributed by atoms with van der Waals surface area (Å²) in [6.45, 7) is 3.05. The van der Waals surface area contributed by atoms with Gasteiger partial charge in [-0.25, -0.2) is 4.79 Å². The van der Waals surface area contributed by atoms with E-state index in [-0.39, 0.29) is 30.6 Å². The molecule has 3 amide bonds. The topological polar surface area (TPSA) is 82.7 Å². The number of imide groups is 1. The van der Waals surface area contributed by atoms with Crippen molar-refractivity contribution in [2.75, 3.05) is 39.8 Å². The molecule has 2 fully saturated rings. The third-order valence-electron chi connectivity index (χ3n) is 3.97. The SMILES string of the molecule is CNCC1CN(CC(=O)NC(=O)NC2CCCC2)CCO1. The van der Waals surface area contributed by atoms with Crippen LogP contribution >= 0.6 is 0 Å². The number of nitrogens with one attached hydrogen (secondary N) is 3. The summed E-state index contributed by atoms with van der Waals surface area (Å²) in [5.41, 5.74) is 0. The monoisotopic (exact) mass is 298 g/mol. The van der Waals surface area contributed by atoms with Gasteiger partial charge in [0.15, 0.2) is 0 Å². The molecular weight excluding hydrogens is 272 g/mol. The van der Waals surface area contributed by atoms with Gasteiger partial charge >= 0.3 is 6.03 Å². The number of rotatable bonds is 5. The minimum atomic E-state index is -0.369. The Bertz CT molecular complexity index is 356. The molecule has 0 aromatic rings. The fraction of sp³-hybridized carbons (Fsp3) is 0.857. The summed E-state index contributed by atoms with van der Waals surface area (Å²) < 4.78 is 5.58. The fourth-order valence-corrected chi connectivity index (χ4v) is 2.94. The lowest BCUT2D eigenvalue weighted by Crippen LogP contribution is -2.51. The van der Waals surface area contributed by atoms with E-state index in [1.807, 2.05) is 11.9 Å². The molecule has 21 heavy (non-hydrogen) atoms. The van der Waals surface area contributed by atoms with Gasteiger partial charge in [-0.3, -0.25) is 15.0 Å². The van der Waals surface area contributed by atoms with Gasteiger partial charge < -0.3 is 15.4 Å². The van der Waals surface area contributed by atoms with Crippen molar-refractivity contribution in [2.45, 2.75) is 37.8 Å². The number of carbonyl (C=O) groups excluding carboxylic acids is 2. The van der Waals surface area contributed by atoms with Crippen LogP contribution in [0, 0.1) is 0 Å². The predicted octanol–water partition coefficient (Wildman–Crippen LogP) is -0.325. The summed E-state index contributed by atoms with van der Waals surface area (Å²) in [5, 5.41) is 8.33. The maximum atomic E-state index is 11.9. The molecule has 0 radical (unpaired) electrons. The number of amides is 3. The molecule has 1 unspecified atom stereocenters. The van der Waals surface area contributed by atoms with Gasteiger partial charge in [-0.05, 0) is 19.9 Å². The molecule has 1 atom stereocenters. The average molecular weight is 298 g/mol. The first-order valence-corrected chi connectivity index (χ1v) is 7.76. The number of morpholine rings is 1. The van der Waals surface area contributed by atoms with Crippen LogP contribution in [0.4, 0.5) is 4.79 Å². The third-order valence-corrected chi connectivity index (χ3v) is 3.97. The largest absolute Gasteiger partial charge is 0.374 e. The second kappa shape index (κ2) is 8.31. The number of urea groups is 1. The summed E-state index contributed by atoms with van der Waals surface area (Å²) >= 11 is 0. The van der Waals surface area contributed by atoms with Crippen molar-refractivity contribution in [1.29, 1.82) is 0 Å². The van der Waals surface area contributed by atoms with Gasteiger partial charge in [0.1, 0.15) is 0 Å². The van der Waals surface area contributed by atoms with Gasteiger partial charge in [-0.15, -0.1) is 0 Å². The van der Waals surface area contributed by atoms with Gasteiger partial charge in [0.05, 0.1) is 19.3 Å². The van der Waals surface area contributed by atoms with Crippen LogP contribution in [0.5, 0.6) is 0 Å². The van der Waals surface area contributed by atoms with Crippen LogP contribution in [0.2, 0.25) is 0 Å². The van der Waals surface area contributed by atoms with E-state index >= 15 is 0 Å². The summed E-state index contributed by atoms with van der Waals surface area (Å²) in [5.74, 6) is -0.254. The molecule has 1 aliphatic heterocycles. The van der Waals surface area contributed by atoms with Crippen LogP contribution in [-0.2, 0) is 9.53 Å². The molecular formula is C14H26N4O3. The van der Waals surface area contributed by atoms with Gasteiger partial charge in [-0.2, -0.15) is 0 Å². The second-order valence-corrected chi connectivity index (χ2v) is 5.79. The molecule has 1 heterocycles.